The van der Waals surface area contributed by atoms with E-state index in [0.29, 0.717) is 44.0 Å². The second kappa shape index (κ2) is 13.5. The van der Waals surface area contributed by atoms with Crippen LogP contribution in [0.25, 0.3) is 11.1 Å². The van der Waals surface area contributed by atoms with Gasteiger partial charge < -0.3 is 14.6 Å². The molecule has 32 heavy (non-hydrogen) atoms. The summed E-state index contributed by atoms with van der Waals surface area (Å²) in [7, 11) is 0. The Morgan fingerprint density at radius 3 is 2.38 bits per heavy atom. The maximum absolute atomic E-state index is 12.3. The first-order chi connectivity index (χ1) is 15.5. The number of aryl methyl sites for hydroxylation is 2. The highest BCUT2D eigenvalue weighted by molar-refractivity contribution is 5.71. The van der Waals surface area contributed by atoms with Gasteiger partial charge in [0.1, 0.15) is 11.5 Å². The Labute approximate surface area is 189 Å². The van der Waals surface area contributed by atoms with E-state index in [1.54, 1.807) is 6.08 Å². The molecule has 0 bridgehead atoms. The number of halogens is 2. The first kappa shape index (κ1) is 25.3. The summed E-state index contributed by atoms with van der Waals surface area (Å²) in [6.45, 7) is 10.5. The van der Waals surface area contributed by atoms with Crippen LogP contribution in [0.5, 0.6) is 11.5 Å². The Morgan fingerprint density at radius 1 is 1.03 bits per heavy atom. The summed E-state index contributed by atoms with van der Waals surface area (Å²) >= 11 is 0. The van der Waals surface area contributed by atoms with Gasteiger partial charge in [-0.1, -0.05) is 37.8 Å². The van der Waals surface area contributed by atoms with Crippen LogP contribution in [-0.2, 0) is 12.8 Å². The van der Waals surface area contributed by atoms with Crippen molar-refractivity contribution in [3.63, 3.8) is 0 Å². The summed E-state index contributed by atoms with van der Waals surface area (Å²) in [6, 6.07) is 11.9. The van der Waals surface area contributed by atoms with E-state index < -0.39 is 6.08 Å². The lowest BCUT2D eigenvalue weighted by atomic mass is 9.94. The van der Waals surface area contributed by atoms with Gasteiger partial charge in [-0.15, -0.1) is 6.58 Å². The highest BCUT2D eigenvalue weighted by atomic mass is 19.3. The third-order valence-electron chi connectivity index (χ3n) is 5.01. The maximum atomic E-state index is 12.3. The molecule has 3 nitrogen and oxygen atoms in total. The minimum absolute atomic E-state index is 0.0563. The molecule has 0 saturated heterocycles. The summed E-state index contributed by atoms with van der Waals surface area (Å²) in [5.74, 6) is 1.38. The van der Waals surface area contributed by atoms with Crippen molar-refractivity contribution in [3.05, 3.63) is 84.5 Å². The second-order valence-electron chi connectivity index (χ2n) is 7.50. The van der Waals surface area contributed by atoms with E-state index in [0.717, 1.165) is 46.7 Å². The van der Waals surface area contributed by atoms with E-state index in [1.807, 2.05) is 30.3 Å². The van der Waals surface area contributed by atoms with Crippen LogP contribution in [0.15, 0.2) is 73.4 Å². The lowest BCUT2D eigenvalue weighted by Gasteiger charge is -2.15. The lowest BCUT2D eigenvalue weighted by molar-refractivity contribution is 0.290. The second-order valence-corrected chi connectivity index (χ2v) is 7.50. The fraction of sp³-hybridized carbons (Fsp3) is 0.333. The molecule has 2 rings (SSSR count). The van der Waals surface area contributed by atoms with Crippen LogP contribution < -0.4 is 9.47 Å². The van der Waals surface area contributed by atoms with Crippen molar-refractivity contribution in [2.45, 2.75) is 39.0 Å². The van der Waals surface area contributed by atoms with E-state index >= 15 is 0 Å². The highest BCUT2D eigenvalue weighted by Gasteiger charge is 2.10. The Kier molecular flexibility index (Phi) is 10.7. The number of ether oxygens (including phenoxy) is 2. The standard InChI is InChI=1S/C27H32F2O3/c1-4-6-13-31-24-16-23(17-25(18-24)32-14-12-20(3)19-30)26-11-10-21(15-22(26)5-2)8-7-9-27(28)29/h4,9-11,15-18,30H,1,3,5-8,12-14,19H2,2H3. The van der Waals surface area contributed by atoms with Crippen molar-refractivity contribution in [1.82, 2.24) is 0 Å². The number of rotatable bonds is 14. The molecule has 0 heterocycles. The van der Waals surface area contributed by atoms with Gasteiger partial charge in [-0.3, -0.25) is 0 Å². The van der Waals surface area contributed by atoms with Crippen LogP contribution in [-0.4, -0.2) is 24.9 Å². The van der Waals surface area contributed by atoms with Crippen molar-refractivity contribution in [3.8, 4) is 22.6 Å². The average Bonchev–Trinajstić information content (AvgIpc) is 2.78. The molecule has 0 saturated carbocycles. The van der Waals surface area contributed by atoms with Crippen molar-refractivity contribution >= 4 is 0 Å². The number of aliphatic hydroxyl groups is 1. The molecule has 0 spiro atoms. The molecule has 0 amide bonds. The number of aliphatic hydroxyl groups excluding tert-OH is 1. The molecule has 0 aromatic heterocycles. The normalized spacial score (nSPS) is 10.5. The average molecular weight is 443 g/mol. The highest BCUT2D eigenvalue weighted by Crippen LogP contribution is 2.33. The van der Waals surface area contributed by atoms with Gasteiger partial charge in [-0.2, -0.15) is 8.78 Å². The fourth-order valence-electron chi connectivity index (χ4n) is 3.27. The molecule has 0 radical (unpaired) electrons. The summed E-state index contributed by atoms with van der Waals surface area (Å²) in [6.07, 6.45) is 4.12. The van der Waals surface area contributed by atoms with Gasteiger partial charge in [0.25, 0.3) is 6.08 Å². The molecule has 0 aliphatic heterocycles. The third-order valence-corrected chi connectivity index (χ3v) is 5.01. The molecular weight excluding hydrogens is 410 g/mol. The van der Waals surface area contributed by atoms with E-state index in [9.17, 15) is 8.78 Å². The van der Waals surface area contributed by atoms with Crippen LogP contribution in [0.1, 0.15) is 37.3 Å². The van der Waals surface area contributed by atoms with Gasteiger partial charge in [-0.05, 0) is 71.7 Å². The van der Waals surface area contributed by atoms with Crippen LogP contribution in [0.3, 0.4) is 0 Å². The third kappa shape index (κ3) is 8.31. The van der Waals surface area contributed by atoms with Gasteiger partial charge in [-0.25, -0.2) is 0 Å². The maximum Gasteiger partial charge on any atom is 0.266 e. The number of hydrogen-bond acceptors (Lipinski definition) is 3. The summed E-state index contributed by atoms with van der Waals surface area (Å²) in [5, 5.41) is 9.13. The summed E-state index contributed by atoms with van der Waals surface area (Å²) < 4.78 is 36.4. The Bertz CT molecular complexity index is 930. The zero-order valence-electron chi connectivity index (χ0n) is 18.7. The van der Waals surface area contributed by atoms with Crippen molar-refractivity contribution < 1.29 is 23.4 Å². The smallest absolute Gasteiger partial charge is 0.266 e. The molecular formula is C27H32F2O3. The van der Waals surface area contributed by atoms with E-state index in [2.05, 4.69) is 26.1 Å². The van der Waals surface area contributed by atoms with Gasteiger partial charge in [0.2, 0.25) is 0 Å². The minimum Gasteiger partial charge on any atom is -0.493 e. The van der Waals surface area contributed by atoms with Gasteiger partial charge >= 0.3 is 0 Å². The van der Waals surface area contributed by atoms with Crippen LogP contribution in [0, 0.1) is 0 Å². The SMILES string of the molecule is C=CCCOc1cc(OCCC(=C)CO)cc(-c2ccc(CCC=C(F)F)cc2CC)c1. The van der Waals surface area contributed by atoms with E-state index in [-0.39, 0.29) is 6.61 Å². The zero-order valence-corrected chi connectivity index (χ0v) is 18.7. The molecule has 5 heteroatoms. The Hall–Kier alpha value is -2.92. The van der Waals surface area contributed by atoms with Crippen molar-refractivity contribution in [2.75, 3.05) is 19.8 Å². The van der Waals surface area contributed by atoms with Gasteiger partial charge in [0, 0.05) is 12.5 Å². The van der Waals surface area contributed by atoms with Gasteiger partial charge in [0.05, 0.1) is 19.8 Å². The van der Waals surface area contributed by atoms with Crippen molar-refractivity contribution in [2.24, 2.45) is 0 Å². The number of hydrogen-bond donors (Lipinski definition) is 1. The molecule has 0 fully saturated rings. The summed E-state index contributed by atoms with van der Waals surface area (Å²) in [4.78, 5) is 0. The molecule has 0 aliphatic carbocycles. The predicted octanol–water partition coefficient (Wildman–Crippen LogP) is 6.90. The Morgan fingerprint density at radius 2 is 1.75 bits per heavy atom. The topological polar surface area (TPSA) is 38.7 Å². The van der Waals surface area contributed by atoms with Crippen LogP contribution >= 0.6 is 0 Å². The predicted molar refractivity (Wildman–Crippen MR) is 127 cm³/mol. The lowest BCUT2D eigenvalue weighted by Crippen LogP contribution is -2.02. The first-order valence-corrected chi connectivity index (χ1v) is 10.9. The largest absolute Gasteiger partial charge is 0.493 e. The molecule has 0 unspecified atom stereocenters. The van der Waals surface area contributed by atoms with Crippen LogP contribution in [0.4, 0.5) is 8.78 Å². The minimum atomic E-state index is -1.64. The molecule has 2 aromatic rings. The molecule has 2 aromatic carbocycles. The number of allylic oxidation sites excluding steroid dienone is 1. The molecule has 0 aliphatic rings. The molecule has 0 atom stereocenters. The monoisotopic (exact) mass is 442 g/mol. The zero-order chi connectivity index (χ0) is 23.3. The van der Waals surface area contributed by atoms with Gasteiger partial charge in [0.15, 0.2) is 0 Å². The molecule has 1 N–H and O–H groups in total. The number of benzene rings is 2. The van der Waals surface area contributed by atoms with Crippen molar-refractivity contribution in [1.29, 1.82) is 0 Å². The van der Waals surface area contributed by atoms with E-state index in [4.69, 9.17) is 14.6 Å². The Balaban J connectivity index is 2.30. The summed E-state index contributed by atoms with van der Waals surface area (Å²) in [5.41, 5.74) is 4.91. The first-order valence-electron chi connectivity index (χ1n) is 10.9. The molecule has 172 valence electrons. The fourth-order valence-corrected chi connectivity index (χ4v) is 3.27. The quantitative estimate of drug-likeness (QED) is 0.255. The van der Waals surface area contributed by atoms with E-state index in [1.165, 1.54) is 0 Å². The van der Waals surface area contributed by atoms with Crippen LogP contribution in [0.2, 0.25) is 0 Å².